The second-order valence-electron chi connectivity index (χ2n) is 10.4. The van der Waals surface area contributed by atoms with Crippen LogP contribution in [0, 0.1) is 5.82 Å². The van der Waals surface area contributed by atoms with Gasteiger partial charge in [0.1, 0.15) is 24.3 Å². The summed E-state index contributed by atoms with van der Waals surface area (Å²) in [6.45, 7) is 1.60. The van der Waals surface area contributed by atoms with Gasteiger partial charge in [-0.1, -0.05) is 12.1 Å². The van der Waals surface area contributed by atoms with Gasteiger partial charge in [-0.3, -0.25) is 9.69 Å². The topological polar surface area (TPSA) is 83.9 Å². The van der Waals surface area contributed by atoms with Crippen LogP contribution in [-0.4, -0.2) is 65.8 Å². The van der Waals surface area contributed by atoms with Crippen molar-refractivity contribution in [3.8, 4) is 0 Å². The number of ether oxygens (including phenoxy) is 2. The number of fused-ring (bicyclic) bond motifs is 1. The van der Waals surface area contributed by atoms with E-state index >= 15 is 0 Å². The molecular weight excluding hydrogens is 499 g/mol. The molecule has 0 spiro atoms. The molecule has 38 heavy (non-hydrogen) atoms. The number of unbranched alkanes of at least 4 members (excludes halogenated alkanes) is 1. The number of carboxylic acids is 1. The van der Waals surface area contributed by atoms with Gasteiger partial charge in [0.15, 0.2) is 0 Å². The van der Waals surface area contributed by atoms with Crippen LogP contribution in [0.3, 0.4) is 0 Å². The fraction of sp³-hybridized carbons (Fsp3) is 0.571. The van der Waals surface area contributed by atoms with Gasteiger partial charge in [-0.2, -0.15) is 0 Å². The van der Waals surface area contributed by atoms with Gasteiger partial charge in [0.05, 0.1) is 12.2 Å². The highest BCUT2D eigenvalue weighted by molar-refractivity contribution is 5.76. The predicted octanol–water partition coefficient (Wildman–Crippen LogP) is 4.92. The number of rotatable bonds is 10. The maximum Gasteiger partial charge on any atom is 0.325 e. The normalized spacial score (nSPS) is 23.7. The third kappa shape index (κ3) is 6.30. The number of carboxylic acid groups (broad SMARTS) is 1. The maximum atomic E-state index is 14.2. The second kappa shape index (κ2) is 11.6. The number of pyridine rings is 1. The Balaban J connectivity index is 1.14. The molecule has 10 heteroatoms. The molecule has 2 N–H and O–H groups in total. The zero-order chi connectivity index (χ0) is 26.7. The van der Waals surface area contributed by atoms with Crippen molar-refractivity contribution >= 4 is 11.8 Å². The van der Waals surface area contributed by atoms with E-state index in [0.29, 0.717) is 31.7 Å². The molecule has 0 radical (unpaired) electrons. The first-order valence-electron chi connectivity index (χ1n) is 13.4. The molecule has 0 saturated carbocycles. The third-order valence-corrected chi connectivity index (χ3v) is 7.58. The Labute approximate surface area is 220 Å². The lowest BCUT2D eigenvalue weighted by Crippen LogP contribution is -2.34. The standard InChI is InChI=1S/C28H34F3N3O4/c29-19-7-9-22(24-15-28(30,31)17-38-24)23(14-19)25(27(35)36)34-12-10-21(16-34)37-13-2-1-5-20-8-6-18-4-3-11-32-26(18)33-20/h6-9,14,21,24-25H,1-5,10-13,15-17H2,(H,32,33)(H,35,36)/t21-,24?,25?/m1/s1. The van der Waals surface area contributed by atoms with Gasteiger partial charge in [0.25, 0.3) is 5.92 Å². The van der Waals surface area contributed by atoms with Gasteiger partial charge < -0.3 is 19.9 Å². The summed E-state index contributed by atoms with van der Waals surface area (Å²) in [6, 6.07) is 6.73. The molecule has 4 heterocycles. The maximum absolute atomic E-state index is 14.2. The van der Waals surface area contributed by atoms with Crippen LogP contribution in [0.5, 0.6) is 0 Å². The molecule has 1 aromatic heterocycles. The number of hydrogen-bond donors (Lipinski definition) is 2. The summed E-state index contributed by atoms with van der Waals surface area (Å²) < 4.78 is 53.1. The molecule has 3 atom stereocenters. The van der Waals surface area contributed by atoms with Crippen LogP contribution in [0.1, 0.15) is 66.6 Å². The number of halogens is 3. The number of hydrogen-bond acceptors (Lipinski definition) is 6. The minimum absolute atomic E-state index is 0.146. The zero-order valence-electron chi connectivity index (χ0n) is 21.3. The molecule has 206 valence electrons. The summed E-state index contributed by atoms with van der Waals surface area (Å²) in [4.78, 5) is 18.8. The Morgan fingerprint density at radius 3 is 2.95 bits per heavy atom. The number of alkyl halides is 2. The van der Waals surface area contributed by atoms with E-state index in [1.165, 1.54) is 11.6 Å². The molecule has 1 aromatic carbocycles. The first-order valence-corrected chi connectivity index (χ1v) is 13.4. The monoisotopic (exact) mass is 533 g/mol. The zero-order valence-corrected chi connectivity index (χ0v) is 21.3. The number of likely N-dealkylation sites (tertiary alicyclic amines) is 1. The van der Waals surface area contributed by atoms with E-state index in [1.54, 1.807) is 4.90 Å². The van der Waals surface area contributed by atoms with Crippen LogP contribution >= 0.6 is 0 Å². The molecule has 0 aliphatic carbocycles. The Morgan fingerprint density at radius 2 is 2.16 bits per heavy atom. The third-order valence-electron chi connectivity index (χ3n) is 7.58. The van der Waals surface area contributed by atoms with E-state index in [0.717, 1.165) is 62.3 Å². The molecule has 3 aliphatic rings. The highest BCUT2D eigenvalue weighted by Crippen LogP contribution is 2.42. The van der Waals surface area contributed by atoms with E-state index in [2.05, 4.69) is 17.4 Å². The molecule has 0 bridgehead atoms. The van der Waals surface area contributed by atoms with E-state index in [1.807, 2.05) is 0 Å². The summed E-state index contributed by atoms with van der Waals surface area (Å²) in [5.74, 6) is -3.77. The smallest absolute Gasteiger partial charge is 0.325 e. The first-order chi connectivity index (χ1) is 18.3. The first kappa shape index (κ1) is 26.9. The van der Waals surface area contributed by atoms with Crippen LogP contribution in [0.15, 0.2) is 30.3 Å². The average molecular weight is 534 g/mol. The van der Waals surface area contributed by atoms with Gasteiger partial charge in [-0.15, -0.1) is 0 Å². The number of carbonyl (C=O) groups is 1. The highest BCUT2D eigenvalue weighted by Gasteiger charge is 2.44. The number of aliphatic carboxylic acids is 1. The van der Waals surface area contributed by atoms with Crippen LogP contribution < -0.4 is 5.32 Å². The summed E-state index contributed by atoms with van der Waals surface area (Å²) in [6.07, 6.45) is 3.81. The quantitative estimate of drug-likeness (QED) is 0.420. The fourth-order valence-electron chi connectivity index (χ4n) is 5.66. The lowest BCUT2D eigenvalue weighted by atomic mass is 9.93. The molecule has 2 fully saturated rings. The van der Waals surface area contributed by atoms with Crippen molar-refractivity contribution in [3.05, 3.63) is 58.5 Å². The SMILES string of the molecule is O=C(O)C(c1cc(F)ccc1C1CC(F)(F)CO1)N1CC[C@@H](OCCCCc2ccc3c(n2)NCCC3)C1. The van der Waals surface area contributed by atoms with Crippen molar-refractivity contribution in [1.82, 2.24) is 9.88 Å². The molecular formula is C28H34F3N3O4. The summed E-state index contributed by atoms with van der Waals surface area (Å²) in [5, 5.41) is 13.4. The molecule has 5 rings (SSSR count). The van der Waals surface area contributed by atoms with Crippen molar-refractivity contribution in [1.29, 1.82) is 0 Å². The van der Waals surface area contributed by atoms with Crippen molar-refractivity contribution in [3.63, 3.8) is 0 Å². The molecule has 2 saturated heterocycles. The lowest BCUT2D eigenvalue weighted by molar-refractivity contribution is -0.143. The molecule has 3 aliphatic heterocycles. The number of benzene rings is 1. The summed E-state index contributed by atoms with van der Waals surface area (Å²) in [5.41, 5.74) is 2.79. The Morgan fingerprint density at radius 1 is 1.29 bits per heavy atom. The highest BCUT2D eigenvalue weighted by atomic mass is 19.3. The van der Waals surface area contributed by atoms with E-state index in [4.69, 9.17) is 14.5 Å². The van der Waals surface area contributed by atoms with Crippen molar-refractivity contribution in [2.75, 3.05) is 38.2 Å². The molecule has 7 nitrogen and oxygen atoms in total. The Bertz CT molecular complexity index is 1150. The molecule has 2 unspecified atom stereocenters. The van der Waals surface area contributed by atoms with E-state index in [9.17, 15) is 23.1 Å². The van der Waals surface area contributed by atoms with Crippen LogP contribution in [0.25, 0.3) is 0 Å². The largest absolute Gasteiger partial charge is 0.480 e. The van der Waals surface area contributed by atoms with Gasteiger partial charge in [0.2, 0.25) is 0 Å². The Kier molecular flexibility index (Phi) is 8.20. The second-order valence-corrected chi connectivity index (χ2v) is 10.4. The van der Waals surface area contributed by atoms with Crippen LogP contribution in [0.2, 0.25) is 0 Å². The lowest BCUT2D eigenvalue weighted by Gasteiger charge is -2.27. The number of nitrogens with zero attached hydrogens (tertiary/aromatic N) is 2. The minimum Gasteiger partial charge on any atom is -0.480 e. The van der Waals surface area contributed by atoms with Gasteiger partial charge in [-0.25, -0.2) is 18.2 Å². The van der Waals surface area contributed by atoms with Crippen molar-refractivity contribution in [2.24, 2.45) is 0 Å². The fourth-order valence-corrected chi connectivity index (χ4v) is 5.66. The van der Waals surface area contributed by atoms with Gasteiger partial charge in [-0.05, 0) is 73.4 Å². The van der Waals surface area contributed by atoms with Crippen LogP contribution in [0.4, 0.5) is 19.0 Å². The Hall–Kier alpha value is -2.69. The predicted molar refractivity (Wildman–Crippen MR) is 135 cm³/mol. The summed E-state index contributed by atoms with van der Waals surface area (Å²) >= 11 is 0. The molecule has 2 aromatic rings. The van der Waals surface area contributed by atoms with Crippen LogP contribution in [-0.2, 0) is 27.1 Å². The van der Waals surface area contributed by atoms with E-state index in [-0.39, 0.29) is 11.7 Å². The van der Waals surface area contributed by atoms with E-state index < -0.39 is 42.9 Å². The average Bonchev–Trinajstić information content (AvgIpc) is 3.49. The van der Waals surface area contributed by atoms with Gasteiger partial charge >= 0.3 is 5.97 Å². The van der Waals surface area contributed by atoms with Gasteiger partial charge in [0, 0.05) is 38.4 Å². The summed E-state index contributed by atoms with van der Waals surface area (Å²) in [7, 11) is 0. The number of nitrogens with one attached hydrogen (secondary N) is 1. The minimum atomic E-state index is -2.99. The number of aryl methyl sites for hydroxylation is 2. The van der Waals surface area contributed by atoms with Crippen molar-refractivity contribution < 1.29 is 32.5 Å². The number of anilines is 1. The molecule has 0 amide bonds. The number of aromatic nitrogens is 1. The van der Waals surface area contributed by atoms with Crippen molar-refractivity contribution in [2.45, 2.75) is 69.1 Å².